The number of carbonyl (C=O) groups excluding carboxylic acids is 2. The average Bonchev–Trinajstić information content (AvgIpc) is 3.21. The molecule has 4 rings (SSSR count). The number of carbonyl (C=O) groups is 2. The van der Waals surface area contributed by atoms with Crippen molar-refractivity contribution in [2.24, 2.45) is 0 Å². The van der Waals surface area contributed by atoms with Gasteiger partial charge >= 0.3 is 6.18 Å². The van der Waals surface area contributed by atoms with Crippen LogP contribution in [0.3, 0.4) is 0 Å². The number of aryl methyl sites for hydroxylation is 2. The molecule has 2 N–H and O–H groups in total. The van der Waals surface area contributed by atoms with Crippen LogP contribution in [0.2, 0.25) is 0 Å². The van der Waals surface area contributed by atoms with Crippen molar-refractivity contribution in [3.63, 3.8) is 0 Å². The van der Waals surface area contributed by atoms with Gasteiger partial charge in [-0.15, -0.1) is 0 Å². The number of rotatable bonds is 7. The zero-order valence-electron chi connectivity index (χ0n) is 18.9. The third-order valence-electron chi connectivity index (χ3n) is 5.44. The molecule has 1 aromatic heterocycles. The van der Waals surface area contributed by atoms with E-state index in [2.05, 4.69) is 5.32 Å². The van der Waals surface area contributed by atoms with E-state index in [9.17, 15) is 22.8 Å². The first kappa shape index (κ1) is 24.0. The van der Waals surface area contributed by atoms with E-state index in [1.54, 1.807) is 13.0 Å². The van der Waals surface area contributed by atoms with Gasteiger partial charge in [0.2, 0.25) is 5.91 Å². The number of halogens is 3. The summed E-state index contributed by atoms with van der Waals surface area (Å²) >= 11 is 0. The predicted molar refractivity (Wildman–Crippen MR) is 128 cm³/mol. The first-order valence-corrected chi connectivity index (χ1v) is 11.0. The molecule has 1 heterocycles. The number of nitrogens with zero attached hydrogens (tertiary/aromatic N) is 2. The van der Waals surface area contributed by atoms with Crippen LogP contribution in [-0.4, -0.2) is 34.1 Å². The van der Waals surface area contributed by atoms with Crippen molar-refractivity contribution in [3.05, 3.63) is 89.7 Å². The summed E-state index contributed by atoms with van der Waals surface area (Å²) in [6.07, 6.45) is -4.02. The van der Waals surface area contributed by atoms with Crippen LogP contribution < -0.4 is 10.6 Å². The third-order valence-corrected chi connectivity index (χ3v) is 5.44. The summed E-state index contributed by atoms with van der Waals surface area (Å²) in [5, 5.41) is 4.60. The van der Waals surface area contributed by atoms with Gasteiger partial charge in [0.1, 0.15) is 12.4 Å². The van der Waals surface area contributed by atoms with Crippen LogP contribution in [0.4, 0.5) is 18.9 Å². The Kier molecular flexibility index (Phi) is 6.86. The Morgan fingerprint density at radius 3 is 2.43 bits per heavy atom. The van der Waals surface area contributed by atoms with Crippen molar-refractivity contribution >= 4 is 28.5 Å². The number of imidazole rings is 1. The molecular formula is C26H23F3N4O2. The highest BCUT2D eigenvalue weighted by atomic mass is 19.4. The highest BCUT2D eigenvalue weighted by Gasteiger charge is 2.28. The van der Waals surface area contributed by atoms with Gasteiger partial charge in [0.15, 0.2) is 0 Å². The zero-order chi connectivity index (χ0) is 25.0. The number of benzene rings is 3. The van der Waals surface area contributed by atoms with Gasteiger partial charge in [0, 0.05) is 29.8 Å². The van der Waals surface area contributed by atoms with E-state index in [0.717, 1.165) is 22.5 Å². The lowest BCUT2D eigenvalue weighted by Crippen LogP contribution is -2.33. The molecule has 4 aromatic rings. The van der Waals surface area contributed by atoms with Crippen molar-refractivity contribution in [1.82, 2.24) is 14.9 Å². The van der Waals surface area contributed by atoms with Gasteiger partial charge in [-0.05, 0) is 48.9 Å². The van der Waals surface area contributed by atoms with Gasteiger partial charge < -0.3 is 10.6 Å². The van der Waals surface area contributed by atoms with E-state index in [0.29, 0.717) is 17.7 Å². The first-order chi connectivity index (χ1) is 16.7. The Balaban J connectivity index is 1.48. The Bertz CT molecular complexity index is 1360. The van der Waals surface area contributed by atoms with Crippen LogP contribution in [0.1, 0.15) is 28.2 Å². The summed E-state index contributed by atoms with van der Waals surface area (Å²) in [7, 11) is 0. The molecule has 0 spiro atoms. The fourth-order valence-corrected chi connectivity index (χ4v) is 3.73. The van der Waals surface area contributed by atoms with Crippen molar-refractivity contribution in [1.29, 1.82) is 0 Å². The number of nitrogens with one attached hydrogen (secondary N) is 2. The molecule has 2 amide bonds. The molecule has 9 heteroatoms. The van der Waals surface area contributed by atoms with Gasteiger partial charge in [-0.1, -0.05) is 36.4 Å². The highest BCUT2D eigenvalue weighted by molar-refractivity contribution is 5.97. The fraction of sp³-hybridized carbons (Fsp3) is 0.192. The van der Waals surface area contributed by atoms with E-state index in [1.165, 1.54) is 12.1 Å². The lowest BCUT2D eigenvalue weighted by Gasteiger charge is -2.12. The van der Waals surface area contributed by atoms with Crippen LogP contribution in [0, 0.1) is 6.92 Å². The van der Waals surface area contributed by atoms with Gasteiger partial charge in [0.25, 0.3) is 5.91 Å². The lowest BCUT2D eigenvalue weighted by molar-refractivity contribution is -0.123. The number of hydrogen-bond donors (Lipinski definition) is 2. The molecule has 0 bridgehead atoms. The molecule has 6 nitrogen and oxygen atoms in total. The summed E-state index contributed by atoms with van der Waals surface area (Å²) in [6.45, 7) is 0.311. The second-order valence-electron chi connectivity index (χ2n) is 8.06. The summed E-state index contributed by atoms with van der Waals surface area (Å²) in [4.78, 5) is 29.5. The van der Waals surface area contributed by atoms with Crippen LogP contribution in [-0.2, 0) is 11.2 Å². The number of aromatic nitrogens is 2. The normalized spacial score (nSPS) is 11.4. The average molecular weight is 480 g/mol. The molecule has 180 valence electrons. The van der Waals surface area contributed by atoms with Gasteiger partial charge in [-0.25, -0.2) is 4.98 Å². The molecule has 0 aliphatic rings. The molecule has 0 atom stereocenters. The third kappa shape index (κ3) is 5.87. The van der Waals surface area contributed by atoms with E-state index in [1.807, 2.05) is 64.5 Å². The smallest absolute Gasteiger partial charge is 0.343 e. The van der Waals surface area contributed by atoms with Gasteiger partial charge in [-0.2, -0.15) is 13.2 Å². The maximum absolute atomic E-state index is 12.7. The molecule has 0 saturated heterocycles. The second kappa shape index (κ2) is 10.0. The topological polar surface area (TPSA) is 76.0 Å². The maximum Gasteiger partial charge on any atom is 0.405 e. The Hall–Kier alpha value is -4.14. The maximum atomic E-state index is 12.7. The molecule has 0 aliphatic carbocycles. The van der Waals surface area contributed by atoms with Crippen molar-refractivity contribution in [2.45, 2.75) is 25.9 Å². The van der Waals surface area contributed by atoms with Gasteiger partial charge in [0.05, 0.1) is 11.0 Å². The number of anilines is 1. The van der Waals surface area contributed by atoms with E-state index >= 15 is 0 Å². The highest BCUT2D eigenvalue weighted by Crippen LogP contribution is 2.23. The van der Waals surface area contributed by atoms with Crippen LogP contribution >= 0.6 is 0 Å². The minimum absolute atomic E-state index is 0.0287. The summed E-state index contributed by atoms with van der Waals surface area (Å²) in [5.74, 6) is -0.438. The quantitative estimate of drug-likeness (QED) is 0.382. The molecule has 0 radical (unpaired) electrons. The molecule has 0 fully saturated rings. The van der Waals surface area contributed by atoms with Gasteiger partial charge in [-0.3, -0.25) is 14.2 Å². The fourth-order valence-electron chi connectivity index (χ4n) is 3.73. The monoisotopic (exact) mass is 480 g/mol. The van der Waals surface area contributed by atoms with Crippen molar-refractivity contribution in [2.75, 3.05) is 11.9 Å². The van der Waals surface area contributed by atoms with Crippen LogP contribution in [0.25, 0.3) is 16.7 Å². The summed E-state index contributed by atoms with van der Waals surface area (Å²) < 4.78 is 39.2. The molecule has 0 saturated carbocycles. The minimum atomic E-state index is -4.51. The second-order valence-corrected chi connectivity index (χ2v) is 8.06. The first-order valence-electron chi connectivity index (χ1n) is 11.0. The van der Waals surface area contributed by atoms with Crippen molar-refractivity contribution in [3.8, 4) is 5.69 Å². The number of para-hydroxylation sites is 3. The standard InChI is InChI=1S/C26H23F3N4O2/c1-17-11-12-18(25(35)30-16-26(27,28)29)15-21(17)32-24(34)14-13-23-31-20-9-5-6-10-22(20)33(23)19-7-3-2-4-8-19/h2-12,15H,13-14,16H2,1H3,(H,30,35)(H,32,34). The molecule has 35 heavy (non-hydrogen) atoms. The predicted octanol–water partition coefficient (Wildman–Crippen LogP) is 5.20. The lowest BCUT2D eigenvalue weighted by atomic mass is 10.1. The summed E-state index contributed by atoms with van der Waals surface area (Å²) in [6, 6.07) is 21.8. The summed E-state index contributed by atoms with van der Waals surface area (Å²) in [5.41, 5.74) is 3.77. The number of fused-ring (bicyclic) bond motifs is 1. The van der Waals surface area contributed by atoms with Crippen molar-refractivity contribution < 1.29 is 22.8 Å². The Morgan fingerprint density at radius 2 is 1.69 bits per heavy atom. The molecule has 0 unspecified atom stereocenters. The Morgan fingerprint density at radius 1 is 0.971 bits per heavy atom. The molecule has 3 aromatic carbocycles. The number of amides is 2. The van der Waals surface area contributed by atoms with E-state index < -0.39 is 18.6 Å². The van der Waals surface area contributed by atoms with E-state index in [-0.39, 0.29) is 17.9 Å². The minimum Gasteiger partial charge on any atom is -0.343 e. The number of hydrogen-bond acceptors (Lipinski definition) is 3. The van der Waals surface area contributed by atoms with Crippen LogP contribution in [0.5, 0.6) is 0 Å². The van der Waals surface area contributed by atoms with Crippen LogP contribution in [0.15, 0.2) is 72.8 Å². The largest absolute Gasteiger partial charge is 0.405 e. The Labute approximate surface area is 199 Å². The van der Waals surface area contributed by atoms with E-state index in [4.69, 9.17) is 4.98 Å². The SMILES string of the molecule is Cc1ccc(C(=O)NCC(F)(F)F)cc1NC(=O)CCc1nc2ccccc2n1-c1ccccc1. The zero-order valence-corrected chi connectivity index (χ0v) is 18.9. The molecular weight excluding hydrogens is 457 g/mol. The molecule has 0 aliphatic heterocycles. The number of alkyl halides is 3.